The number of carbonyl (C=O) groups is 4. The lowest BCUT2D eigenvalue weighted by Gasteiger charge is -2.18. The first kappa shape index (κ1) is 38.1. The molecule has 5 N–H and O–H groups in total. The van der Waals surface area contributed by atoms with Gasteiger partial charge in [0.1, 0.15) is 0 Å². The minimum absolute atomic E-state index is 0.0577. The standard InChI is InChI=1S/C34H29Cl2N9O8/c35-32-41-33(36)43-34(42-32)39-21-9-7-19(8-10-21)20-11-26(24-5-1-3-22(37-24)13-44(15-28(46)47)16-29(48)49)40-27(12-20)25-6-2-4-23(38-25)14-45(17-30(50)51)18-31(52)53/h1-12H,13-18H2,(H,46,47)(H,48,49)(H,50,51)(H,52,53)(H,39,41,42,43). The van der Waals surface area contributed by atoms with Crippen LogP contribution in [-0.4, -0.2) is 110 Å². The molecule has 5 rings (SSSR count). The van der Waals surface area contributed by atoms with Crippen LogP contribution in [-0.2, 0) is 32.3 Å². The summed E-state index contributed by atoms with van der Waals surface area (Å²) in [5, 5.41) is 40.0. The van der Waals surface area contributed by atoms with Crippen LogP contribution in [0.4, 0.5) is 11.6 Å². The molecule has 53 heavy (non-hydrogen) atoms. The van der Waals surface area contributed by atoms with Crippen molar-refractivity contribution in [2.75, 3.05) is 31.5 Å². The van der Waals surface area contributed by atoms with E-state index in [-0.39, 0.29) is 29.6 Å². The Labute approximate surface area is 310 Å². The van der Waals surface area contributed by atoms with Crippen molar-refractivity contribution in [2.24, 2.45) is 0 Å². The van der Waals surface area contributed by atoms with E-state index in [0.717, 1.165) is 5.56 Å². The molecule has 5 aromatic rings. The maximum atomic E-state index is 11.4. The lowest BCUT2D eigenvalue weighted by atomic mass is 10.0. The fourth-order valence-corrected chi connectivity index (χ4v) is 5.56. The zero-order chi connectivity index (χ0) is 38.1. The van der Waals surface area contributed by atoms with Crippen molar-refractivity contribution in [1.82, 2.24) is 39.7 Å². The summed E-state index contributed by atoms with van der Waals surface area (Å²) in [6.07, 6.45) is 0. The number of hydrogen-bond acceptors (Lipinski definition) is 13. The fourth-order valence-electron chi connectivity index (χ4n) is 5.20. The van der Waals surface area contributed by atoms with E-state index in [1.165, 1.54) is 9.80 Å². The molecule has 0 aliphatic rings. The second-order valence-corrected chi connectivity index (χ2v) is 12.1. The van der Waals surface area contributed by atoms with Crippen LogP contribution in [0.15, 0.2) is 72.8 Å². The minimum Gasteiger partial charge on any atom is -0.480 e. The molecule has 17 nitrogen and oxygen atoms in total. The van der Waals surface area contributed by atoms with Gasteiger partial charge in [-0.3, -0.25) is 29.0 Å². The zero-order valence-corrected chi connectivity index (χ0v) is 28.9. The van der Waals surface area contributed by atoms with Gasteiger partial charge >= 0.3 is 23.9 Å². The average Bonchev–Trinajstić information content (AvgIpc) is 3.07. The number of carboxylic acids is 4. The molecular formula is C34H29Cl2N9O8. The number of anilines is 2. The van der Waals surface area contributed by atoms with Gasteiger partial charge in [-0.1, -0.05) is 24.3 Å². The van der Waals surface area contributed by atoms with Crippen molar-refractivity contribution in [3.8, 4) is 33.9 Å². The van der Waals surface area contributed by atoms with Crippen LogP contribution in [0.1, 0.15) is 11.4 Å². The summed E-state index contributed by atoms with van der Waals surface area (Å²) in [4.78, 5) is 73.9. The summed E-state index contributed by atoms with van der Waals surface area (Å²) in [7, 11) is 0. The third-order valence-corrected chi connectivity index (χ3v) is 7.56. The smallest absolute Gasteiger partial charge is 0.317 e. The van der Waals surface area contributed by atoms with Crippen molar-refractivity contribution in [3.63, 3.8) is 0 Å². The number of rotatable bonds is 17. The highest BCUT2D eigenvalue weighted by Crippen LogP contribution is 2.31. The van der Waals surface area contributed by atoms with Gasteiger partial charge in [-0.25, -0.2) is 15.0 Å². The summed E-state index contributed by atoms with van der Waals surface area (Å²) in [5.74, 6) is -4.61. The number of hydrogen-bond donors (Lipinski definition) is 5. The molecule has 0 unspecified atom stereocenters. The Morgan fingerprint density at radius 1 is 0.528 bits per heavy atom. The van der Waals surface area contributed by atoms with E-state index in [9.17, 15) is 39.6 Å². The molecule has 272 valence electrons. The summed E-state index contributed by atoms with van der Waals surface area (Å²) in [6, 6.07) is 20.9. The first-order valence-corrected chi connectivity index (χ1v) is 16.3. The Morgan fingerprint density at radius 3 is 1.38 bits per heavy atom. The van der Waals surface area contributed by atoms with Crippen LogP contribution in [0.25, 0.3) is 33.9 Å². The molecule has 1 aromatic carbocycles. The molecule has 0 fully saturated rings. The lowest BCUT2D eigenvalue weighted by Crippen LogP contribution is -2.34. The highest BCUT2D eigenvalue weighted by atomic mass is 35.5. The topological polar surface area (TPSA) is 245 Å². The maximum Gasteiger partial charge on any atom is 0.317 e. The van der Waals surface area contributed by atoms with Crippen molar-refractivity contribution in [3.05, 3.63) is 94.8 Å². The number of halogens is 2. The molecule has 0 aliphatic carbocycles. The van der Waals surface area contributed by atoms with E-state index in [1.54, 1.807) is 60.7 Å². The molecule has 4 aromatic heterocycles. The molecule has 19 heteroatoms. The lowest BCUT2D eigenvalue weighted by molar-refractivity contribution is -0.144. The van der Waals surface area contributed by atoms with Gasteiger partial charge in [-0.2, -0.15) is 15.0 Å². The second-order valence-electron chi connectivity index (χ2n) is 11.4. The van der Waals surface area contributed by atoms with Gasteiger partial charge in [0.2, 0.25) is 16.5 Å². The molecule has 0 spiro atoms. The largest absolute Gasteiger partial charge is 0.480 e. The normalized spacial score (nSPS) is 11.1. The van der Waals surface area contributed by atoms with Crippen molar-refractivity contribution in [1.29, 1.82) is 0 Å². The van der Waals surface area contributed by atoms with Crippen molar-refractivity contribution < 1.29 is 39.6 Å². The minimum atomic E-state index is -1.19. The Balaban J connectivity index is 1.53. The second kappa shape index (κ2) is 17.4. The van der Waals surface area contributed by atoms with E-state index < -0.39 is 50.1 Å². The molecule has 0 saturated heterocycles. The van der Waals surface area contributed by atoms with E-state index in [1.807, 2.05) is 12.1 Å². The number of aliphatic carboxylic acids is 4. The van der Waals surface area contributed by atoms with Gasteiger partial charge in [0.05, 0.1) is 60.3 Å². The van der Waals surface area contributed by atoms with E-state index in [4.69, 9.17) is 28.2 Å². The third kappa shape index (κ3) is 11.4. The van der Waals surface area contributed by atoms with Gasteiger partial charge < -0.3 is 25.7 Å². The van der Waals surface area contributed by atoms with E-state index in [0.29, 0.717) is 45.4 Å². The molecule has 0 amide bonds. The Kier molecular flexibility index (Phi) is 12.5. The van der Waals surface area contributed by atoms with E-state index >= 15 is 0 Å². The predicted octanol–water partition coefficient (Wildman–Crippen LogP) is 4.05. The van der Waals surface area contributed by atoms with Gasteiger partial charge in [0.25, 0.3) is 0 Å². The summed E-state index contributed by atoms with van der Waals surface area (Å²) >= 11 is 11.8. The first-order chi connectivity index (χ1) is 25.3. The number of pyridine rings is 3. The van der Waals surface area contributed by atoms with Crippen molar-refractivity contribution in [2.45, 2.75) is 13.1 Å². The Bertz CT molecular complexity index is 2010. The van der Waals surface area contributed by atoms with Gasteiger partial charge in [0.15, 0.2) is 0 Å². The van der Waals surface area contributed by atoms with Gasteiger partial charge in [0, 0.05) is 18.8 Å². The first-order valence-electron chi connectivity index (χ1n) is 15.5. The molecule has 4 heterocycles. The maximum absolute atomic E-state index is 11.4. The zero-order valence-electron chi connectivity index (χ0n) is 27.4. The van der Waals surface area contributed by atoms with Crippen molar-refractivity contribution >= 4 is 58.7 Å². The van der Waals surface area contributed by atoms with Crippen LogP contribution in [0.2, 0.25) is 10.6 Å². The van der Waals surface area contributed by atoms with Crippen LogP contribution < -0.4 is 5.32 Å². The molecular weight excluding hydrogens is 733 g/mol. The number of nitrogens with one attached hydrogen (secondary N) is 1. The molecule has 0 aliphatic heterocycles. The number of benzene rings is 1. The van der Waals surface area contributed by atoms with Crippen LogP contribution in [0, 0.1) is 0 Å². The Morgan fingerprint density at radius 2 is 0.962 bits per heavy atom. The van der Waals surface area contributed by atoms with Crippen LogP contribution in [0.3, 0.4) is 0 Å². The summed E-state index contributed by atoms with van der Waals surface area (Å²) in [5.41, 5.74) is 4.50. The van der Waals surface area contributed by atoms with Crippen LogP contribution in [0.5, 0.6) is 0 Å². The molecule has 0 saturated carbocycles. The number of aromatic nitrogens is 6. The highest BCUT2D eigenvalue weighted by molar-refractivity contribution is 6.31. The van der Waals surface area contributed by atoms with E-state index in [2.05, 4.69) is 30.2 Å². The molecule has 0 radical (unpaired) electrons. The summed E-state index contributed by atoms with van der Waals surface area (Å²) in [6.45, 7) is -2.14. The summed E-state index contributed by atoms with van der Waals surface area (Å²) < 4.78 is 0. The SMILES string of the molecule is O=C(O)CN(CC(=O)O)Cc1cccc(-c2cc(-c3ccc(Nc4nc(Cl)nc(Cl)n4)cc3)cc(-c3cccc(CN(CC(=O)O)CC(=O)O)n3)n2)n1. The molecule has 0 bridgehead atoms. The fraction of sp³-hybridized carbons (Fsp3) is 0.176. The monoisotopic (exact) mass is 761 g/mol. The predicted molar refractivity (Wildman–Crippen MR) is 190 cm³/mol. The Hall–Kier alpha value is -6.14. The third-order valence-electron chi connectivity index (χ3n) is 7.23. The van der Waals surface area contributed by atoms with Crippen LogP contribution >= 0.6 is 23.2 Å². The highest BCUT2D eigenvalue weighted by Gasteiger charge is 2.18. The molecule has 0 atom stereocenters. The number of carboxylic acid groups (broad SMARTS) is 4. The number of nitrogens with zero attached hydrogens (tertiary/aromatic N) is 8. The quantitative estimate of drug-likeness (QED) is 0.0897. The van der Waals surface area contributed by atoms with Gasteiger partial charge in [-0.05, 0) is 82.9 Å². The average molecular weight is 763 g/mol. The van der Waals surface area contributed by atoms with Gasteiger partial charge in [-0.15, -0.1) is 0 Å².